The van der Waals surface area contributed by atoms with E-state index in [1.807, 2.05) is 0 Å². The van der Waals surface area contributed by atoms with Crippen molar-refractivity contribution in [2.75, 3.05) is 12.4 Å². The molecule has 1 heterocycles. The molecule has 0 atom stereocenters. The molecular weight excluding hydrogens is 331 g/mol. The normalized spacial score (nSPS) is 15.5. The lowest BCUT2D eigenvalue weighted by Gasteiger charge is -2.40. The summed E-state index contributed by atoms with van der Waals surface area (Å²) in [5, 5.41) is 3.06. The second-order valence-electron chi connectivity index (χ2n) is 5.79. The van der Waals surface area contributed by atoms with Crippen molar-refractivity contribution in [3.8, 4) is 0 Å². The minimum Gasteiger partial charge on any atom is -0.465 e. The number of benzene rings is 1. The van der Waals surface area contributed by atoms with Crippen molar-refractivity contribution in [3.63, 3.8) is 0 Å². The highest BCUT2D eigenvalue weighted by atomic mass is 32.1. The molecule has 7 heteroatoms. The summed E-state index contributed by atoms with van der Waals surface area (Å²) in [6.07, 6.45) is 2.05. The number of hydrogen-bond donors (Lipinski definition) is 1. The average Bonchev–Trinajstić information content (AvgIpc) is 2.87. The summed E-state index contributed by atoms with van der Waals surface area (Å²) < 4.78 is 18.9. The largest absolute Gasteiger partial charge is 0.465 e. The maximum absolute atomic E-state index is 14.2. The number of nitrogens with one attached hydrogen (secondary N) is 1. The van der Waals surface area contributed by atoms with E-state index in [0.717, 1.165) is 17.8 Å². The quantitative estimate of drug-likeness (QED) is 0.860. The van der Waals surface area contributed by atoms with Gasteiger partial charge < -0.3 is 10.1 Å². The molecular formula is C17H17FN2O3S. The van der Waals surface area contributed by atoms with Crippen LogP contribution in [-0.4, -0.2) is 24.0 Å². The average molecular weight is 348 g/mol. The van der Waals surface area contributed by atoms with Crippen molar-refractivity contribution < 1.29 is 18.7 Å². The SMILES string of the molecule is COC(=O)c1sc(NC(=O)C2(c3ccccc3F)CCC2)nc1C. The van der Waals surface area contributed by atoms with E-state index in [9.17, 15) is 14.0 Å². The van der Waals surface area contributed by atoms with Gasteiger partial charge in [0, 0.05) is 5.56 Å². The Balaban J connectivity index is 1.86. The van der Waals surface area contributed by atoms with Gasteiger partial charge in [0.25, 0.3) is 0 Å². The van der Waals surface area contributed by atoms with Crippen LogP contribution in [0.15, 0.2) is 24.3 Å². The first-order valence-electron chi connectivity index (χ1n) is 7.60. The van der Waals surface area contributed by atoms with E-state index in [2.05, 4.69) is 15.0 Å². The Morgan fingerprint density at radius 3 is 2.62 bits per heavy atom. The van der Waals surface area contributed by atoms with Crippen LogP contribution in [0.2, 0.25) is 0 Å². The number of hydrogen-bond acceptors (Lipinski definition) is 5. The molecule has 2 aromatic rings. The van der Waals surface area contributed by atoms with Crippen LogP contribution in [-0.2, 0) is 14.9 Å². The number of aromatic nitrogens is 1. The van der Waals surface area contributed by atoms with Gasteiger partial charge in [0.1, 0.15) is 10.7 Å². The van der Waals surface area contributed by atoms with Crippen LogP contribution in [0.25, 0.3) is 0 Å². The van der Waals surface area contributed by atoms with E-state index >= 15 is 0 Å². The third-order valence-electron chi connectivity index (χ3n) is 4.42. The highest BCUT2D eigenvalue weighted by Gasteiger charge is 2.47. The molecule has 1 aromatic carbocycles. The fourth-order valence-corrected chi connectivity index (χ4v) is 3.83. The molecule has 1 aromatic heterocycles. The molecule has 0 unspecified atom stereocenters. The van der Waals surface area contributed by atoms with Gasteiger partial charge in [-0.15, -0.1) is 0 Å². The third kappa shape index (κ3) is 2.69. The number of ether oxygens (including phenoxy) is 1. The van der Waals surface area contributed by atoms with Gasteiger partial charge in [-0.25, -0.2) is 14.2 Å². The molecule has 0 radical (unpaired) electrons. The number of carbonyl (C=O) groups excluding carboxylic acids is 2. The highest BCUT2D eigenvalue weighted by molar-refractivity contribution is 7.17. The Bertz CT molecular complexity index is 799. The van der Waals surface area contributed by atoms with Gasteiger partial charge in [-0.3, -0.25) is 4.79 Å². The van der Waals surface area contributed by atoms with Gasteiger partial charge in [-0.05, 0) is 25.8 Å². The van der Waals surface area contributed by atoms with Crippen molar-refractivity contribution in [2.45, 2.75) is 31.6 Å². The number of aryl methyl sites for hydroxylation is 1. The number of nitrogens with zero attached hydrogens (tertiary/aromatic N) is 1. The third-order valence-corrected chi connectivity index (χ3v) is 5.47. The van der Waals surface area contributed by atoms with Crippen LogP contribution >= 0.6 is 11.3 Å². The molecule has 0 aliphatic heterocycles. The molecule has 1 aliphatic carbocycles. The number of thiazole rings is 1. The Morgan fingerprint density at radius 2 is 2.04 bits per heavy atom. The van der Waals surface area contributed by atoms with Crippen molar-refractivity contribution in [2.24, 2.45) is 0 Å². The van der Waals surface area contributed by atoms with Gasteiger partial charge in [-0.1, -0.05) is 36.0 Å². The summed E-state index contributed by atoms with van der Waals surface area (Å²) in [5.41, 5.74) is 0.0435. The fraction of sp³-hybridized carbons (Fsp3) is 0.353. The van der Waals surface area contributed by atoms with Gasteiger partial charge in [0.05, 0.1) is 18.2 Å². The van der Waals surface area contributed by atoms with E-state index < -0.39 is 11.4 Å². The smallest absolute Gasteiger partial charge is 0.350 e. The minimum atomic E-state index is -0.865. The first kappa shape index (κ1) is 16.6. The van der Waals surface area contributed by atoms with E-state index in [4.69, 9.17) is 0 Å². The van der Waals surface area contributed by atoms with Crippen molar-refractivity contribution in [1.82, 2.24) is 4.98 Å². The van der Waals surface area contributed by atoms with E-state index in [1.165, 1.54) is 13.2 Å². The molecule has 5 nitrogen and oxygen atoms in total. The minimum absolute atomic E-state index is 0.288. The number of halogens is 1. The molecule has 0 saturated heterocycles. The molecule has 1 amide bonds. The molecule has 1 saturated carbocycles. The monoisotopic (exact) mass is 348 g/mol. The van der Waals surface area contributed by atoms with Gasteiger partial charge in [0.2, 0.25) is 5.91 Å². The zero-order chi connectivity index (χ0) is 17.3. The van der Waals surface area contributed by atoms with Crippen LogP contribution in [0.1, 0.15) is 40.2 Å². The van der Waals surface area contributed by atoms with Crippen LogP contribution in [0.3, 0.4) is 0 Å². The maximum Gasteiger partial charge on any atom is 0.350 e. The summed E-state index contributed by atoms with van der Waals surface area (Å²) >= 11 is 1.06. The summed E-state index contributed by atoms with van der Waals surface area (Å²) in [4.78, 5) is 29.0. The predicted octanol–water partition coefficient (Wildman–Crippen LogP) is 3.44. The number of esters is 1. The molecule has 126 valence electrons. The molecule has 24 heavy (non-hydrogen) atoms. The topological polar surface area (TPSA) is 68.3 Å². The van der Waals surface area contributed by atoms with Crippen molar-refractivity contribution in [1.29, 1.82) is 0 Å². The van der Waals surface area contributed by atoms with Gasteiger partial charge in [0.15, 0.2) is 5.13 Å². The second-order valence-corrected chi connectivity index (χ2v) is 6.79. The van der Waals surface area contributed by atoms with Crippen LogP contribution in [0.4, 0.5) is 9.52 Å². The number of amides is 1. The van der Waals surface area contributed by atoms with E-state index in [-0.39, 0.29) is 11.7 Å². The summed E-state index contributed by atoms with van der Waals surface area (Å²) in [6.45, 7) is 1.67. The molecule has 1 fully saturated rings. The van der Waals surface area contributed by atoms with E-state index in [1.54, 1.807) is 25.1 Å². The number of carbonyl (C=O) groups is 2. The van der Waals surface area contributed by atoms with Crippen LogP contribution < -0.4 is 5.32 Å². The molecule has 1 N–H and O–H groups in total. The van der Waals surface area contributed by atoms with Crippen LogP contribution in [0, 0.1) is 12.7 Å². The van der Waals surface area contributed by atoms with Crippen LogP contribution in [0.5, 0.6) is 0 Å². The van der Waals surface area contributed by atoms with Crippen molar-refractivity contribution >= 4 is 28.3 Å². The van der Waals surface area contributed by atoms with E-state index in [0.29, 0.717) is 34.1 Å². The standard InChI is InChI=1S/C17H17FN2O3S/c1-10-13(14(21)23-2)24-16(19-10)20-15(22)17(8-5-9-17)11-6-3-4-7-12(11)18/h3-4,6-7H,5,8-9H2,1-2H3,(H,19,20,22). The Morgan fingerprint density at radius 1 is 1.33 bits per heavy atom. The Hall–Kier alpha value is -2.28. The van der Waals surface area contributed by atoms with Gasteiger partial charge in [-0.2, -0.15) is 0 Å². The molecule has 0 bridgehead atoms. The molecule has 1 aliphatic rings. The summed E-state index contributed by atoms with van der Waals surface area (Å²) in [7, 11) is 1.29. The zero-order valence-corrected chi connectivity index (χ0v) is 14.2. The van der Waals surface area contributed by atoms with Crippen molar-refractivity contribution in [3.05, 3.63) is 46.2 Å². The Labute approximate surface area is 142 Å². The summed E-state index contributed by atoms with van der Waals surface area (Å²) in [6, 6.07) is 6.36. The number of anilines is 1. The lowest BCUT2D eigenvalue weighted by molar-refractivity contribution is -0.124. The second kappa shape index (κ2) is 6.32. The lowest BCUT2D eigenvalue weighted by Crippen LogP contribution is -2.46. The number of rotatable bonds is 4. The molecule has 3 rings (SSSR count). The van der Waals surface area contributed by atoms with Gasteiger partial charge >= 0.3 is 5.97 Å². The first-order valence-corrected chi connectivity index (χ1v) is 8.42. The fourth-order valence-electron chi connectivity index (χ4n) is 2.95. The first-order chi connectivity index (χ1) is 11.5. The number of methoxy groups -OCH3 is 1. The zero-order valence-electron chi connectivity index (χ0n) is 13.4. The lowest BCUT2D eigenvalue weighted by atomic mass is 9.63. The maximum atomic E-state index is 14.2. The highest BCUT2D eigenvalue weighted by Crippen LogP contribution is 2.45. The molecule has 0 spiro atoms. The predicted molar refractivity (Wildman–Crippen MR) is 88.7 cm³/mol. The summed E-state index contributed by atoms with van der Waals surface area (Å²) in [5.74, 6) is -1.15. The Kier molecular flexibility index (Phi) is 4.36.